The van der Waals surface area contributed by atoms with E-state index in [1.165, 1.54) is 57.1 Å². The molecule has 9 nitrogen and oxygen atoms in total. The lowest BCUT2D eigenvalue weighted by atomic mass is 10.1. The number of methoxy groups -OCH3 is 2. The number of rotatable bonds is 9. The number of carbonyl (C=O) groups is 1. The van der Waals surface area contributed by atoms with Crippen LogP contribution in [0.4, 0.5) is 14.5 Å². The molecule has 0 atom stereocenters. The van der Waals surface area contributed by atoms with Crippen molar-refractivity contribution in [1.29, 1.82) is 0 Å². The van der Waals surface area contributed by atoms with Crippen molar-refractivity contribution in [3.8, 4) is 28.7 Å². The van der Waals surface area contributed by atoms with Gasteiger partial charge in [0.1, 0.15) is 18.1 Å². The maximum atomic E-state index is 14.9. The van der Waals surface area contributed by atoms with Gasteiger partial charge in [0.2, 0.25) is 0 Å². The number of benzene rings is 2. The molecule has 4 aromatic rings. The van der Waals surface area contributed by atoms with Crippen molar-refractivity contribution in [1.82, 2.24) is 9.97 Å². The number of hydrogen-bond donors (Lipinski definition) is 2. The number of ether oxygens (including phenoxy) is 4. The molecule has 0 saturated carbocycles. The molecular weight excluding hydrogens is 476 g/mol. The molecule has 36 heavy (non-hydrogen) atoms. The van der Waals surface area contributed by atoms with Crippen LogP contribution < -0.4 is 19.5 Å². The Morgan fingerprint density at radius 2 is 1.75 bits per heavy atom. The Kier molecular flexibility index (Phi) is 7.40. The highest BCUT2D eigenvalue weighted by molar-refractivity contribution is 6.06. The zero-order chi connectivity index (χ0) is 25.7. The van der Waals surface area contributed by atoms with Crippen LogP contribution in [0.3, 0.4) is 0 Å². The van der Waals surface area contributed by atoms with Crippen molar-refractivity contribution in [2.75, 3.05) is 32.8 Å². The Morgan fingerprint density at radius 3 is 2.47 bits per heavy atom. The van der Waals surface area contributed by atoms with Crippen molar-refractivity contribution in [2.45, 2.75) is 0 Å². The predicted octanol–water partition coefficient (Wildman–Crippen LogP) is 4.69. The Morgan fingerprint density at radius 1 is 1.00 bits per heavy atom. The van der Waals surface area contributed by atoms with E-state index in [9.17, 15) is 18.7 Å². The molecule has 0 bridgehead atoms. The zero-order valence-electron chi connectivity index (χ0n) is 19.2. The van der Waals surface area contributed by atoms with E-state index in [0.717, 1.165) is 12.1 Å². The predicted molar refractivity (Wildman–Crippen MR) is 126 cm³/mol. The average Bonchev–Trinajstić information content (AvgIpc) is 2.86. The van der Waals surface area contributed by atoms with Crippen molar-refractivity contribution < 1.29 is 37.6 Å². The quantitative estimate of drug-likeness (QED) is 0.320. The van der Waals surface area contributed by atoms with Gasteiger partial charge in [-0.1, -0.05) is 0 Å². The minimum Gasteiger partial charge on any atom is -0.504 e. The van der Waals surface area contributed by atoms with Crippen molar-refractivity contribution in [2.24, 2.45) is 0 Å². The number of hydrogen-bond acceptors (Lipinski definition) is 8. The number of halogens is 2. The van der Waals surface area contributed by atoms with E-state index < -0.39 is 23.3 Å². The zero-order valence-corrected chi connectivity index (χ0v) is 19.2. The normalized spacial score (nSPS) is 10.8. The number of nitrogens with one attached hydrogen (secondary N) is 1. The molecule has 0 aliphatic carbocycles. The Hall–Kier alpha value is -4.51. The van der Waals surface area contributed by atoms with Crippen molar-refractivity contribution in [3.63, 3.8) is 0 Å². The van der Waals surface area contributed by atoms with Gasteiger partial charge in [-0.3, -0.25) is 14.8 Å². The molecular formula is C25H21F2N3O6. The lowest BCUT2D eigenvalue weighted by molar-refractivity contribution is 0.102. The van der Waals surface area contributed by atoms with Gasteiger partial charge in [0.25, 0.3) is 5.91 Å². The second-order valence-corrected chi connectivity index (χ2v) is 7.39. The van der Waals surface area contributed by atoms with Gasteiger partial charge in [-0.25, -0.2) is 8.78 Å². The molecule has 186 valence electrons. The SMILES string of the molecule is COCCOc1cc2nccc(Oc3c(F)cc(NC(=O)c4cnccc4OC)cc3F)c2cc1O. The fourth-order valence-electron chi connectivity index (χ4n) is 3.34. The molecule has 11 heteroatoms. The molecule has 0 aliphatic rings. The van der Waals surface area contributed by atoms with E-state index in [1.54, 1.807) is 0 Å². The molecule has 2 aromatic heterocycles. The molecule has 0 spiro atoms. The van der Waals surface area contributed by atoms with Gasteiger partial charge in [-0.15, -0.1) is 0 Å². The number of aromatic hydroxyl groups is 1. The minimum absolute atomic E-state index is 0.0495. The topological polar surface area (TPSA) is 112 Å². The van der Waals surface area contributed by atoms with E-state index in [-0.39, 0.29) is 40.9 Å². The standard InChI is InChI=1S/C25H21F2N3O6/c1-33-7-8-35-23-12-19-15(11-20(23)31)22(4-6-29-19)36-24-17(26)9-14(10-18(24)27)30-25(32)16-13-28-5-3-21(16)34-2/h3-6,9-13,31H,7-8H2,1-2H3,(H,30,32). The van der Waals surface area contributed by atoms with Gasteiger partial charge < -0.3 is 29.4 Å². The van der Waals surface area contributed by atoms with Crippen LogP contribution in [0, 0.1) is 11.6 Å². The van der Waals surface area contributed by atoms with E-state index >= 15 is 0 Å². The van der Waals surface area contributed by atoms with Gasteiger partial charge in [-0.05, 0) is 18.2 Å². The number of anilines is 1. The third kappa shape index (κ3) is 5.26. The summed E-state index contributed by atoms with van der Waals surface area (Å²) in [7, 11) is 2.90. The average molecular weight is 497 g/mol. The molecule has 0 unspecified atom stereocenters. The first kappa shape index (κ1) is 24.6. The molecule has 4 rings (SSSR count). The highest BCUT2D eigenvalue weighted by atomic mass is 19.1. The summed E-state index contributed by atoms with van der Waals surface area (Å²) < 4.78 is 50.7. The van der Waals surface area contributed by atoms with E-state index in [2.05, 4.69) is 15.3 Å². The highest BCUT2D eigenvalue weighted by Gasteiger charge is 2.19. The van der Waals surface area contributed by atoms with E-state index in [4.69, 9.17) is 18.9 Å². The fourth-order valence-corrected chi connectivity index (χ4v) is 3.34. The summed E-state index contributed by atoms with van der Waals surface area (Å²) in [5, 5.41) is 13.0. The van der Waals surface area contributed by atoms with Gasteiger partial charge in [0.15, 0.2) is 28.9 Å². The van der Waals surface area contributed by atoms with Crippen molar-refractivity contribution >= 4 is 22.5 Å². The number of carbonyl (C=O) groups excluding carboxylic acids is 1. The summed E-state index contributed by atoms with van der Waals surface area (Å²) in [5.74, 6) is -3.20. The maximum absolute atomic E-state index is 14.9. The first-order valence-electron chi connectivity index (χ1n) is 10.6. The monoisotopic (exact) mass is 497 g/mol. The summed E-state index contributed by atoms with van der Waals surface area (Å²) in [6.07, 6.45) is 4.11. The Labute approximate surface area is 204 Å². The molecule has 2 aromatic carbocycles. The van der Waals surface area contributed by atoms with Gasteiger partial charge in [0, 0.05) is 55.0 Å². The maximum Gasteiger partial charge on any atom is 0.261 e. The molecule has 0 radical (unpaired) electrons. The van der Waals surface area contributed by atoms with Crippen LogP contribution >= 0.6 is 0 Å². The number of phenols is 1. The summed E-state index contributed by atoms with van der Waals surface area (Å²) in [6.45, 7) is 0.525. The fraction of sp³-hybridized carbons (Fsp3) is 0.160. The molecule has 0 fully saturated rings. The van der Waals surface area contributed by atoms with E-state index in [1.807, 2.05) is 0 Å². The van der Waals surface area contributed by atoms with Gasteiger partial charge in [-0.2, -0.15) is 0 Å². The summed E-state index contributed by atoms with van der Waals surface area (Å²) in [5.41, 5.74) is 0.325. The Bertz CT molecular complexity index is 1390. The number of nitrogens with zero attached hydrogens (tertiary/aromatic N) is 2. The summed E-state index contributed by atoms with van der Waals surface area (Å²) in [4.78, 5) is 20.6. The number of pyridine rings is 2. The van der Waals surface area contributed by atoms with Crippen LogP contribution in [0.2, 0.25) is 0 Å². The lowest BCUT2D eigenvalue weighted by Gasteiger charge is -2.14. The highest BCUT2D eigenvalue weighted by Crippen LogP contribution is 2.38. The summed E-state index contributed by atoms with van der Waals surface area (Å²) in [6, 6.07) is 7.52. The largest absolute Gasteiger partial charge is 0.504 e. The third-order valence-corrected chi connectivity index (χ3v) is 5.04. The number of amides is 1. The molecule has 2 N–H and O–H groups in total. The Balaban J connectivity index is 1.59. The van der Waals surface area contributed by atoms with Crippen LogP contribution in [-0.2, 0) is 4.74 Å². The van der Waals surface area contributed by atoms with Crippen LogP contribution in [0.15, 0.2) is 55.0 Å². The number of phenolic OH excluding ortho intramolecular Hbond substituents is 1. The van der Waals surface area contributed by atoms with Crippen LogP contribution in [0.1, 0.15) is 10.4 Å². The second kappa shape index (κ2) is 10.8. The van der Waals surface area contributed by atoms with E-state index in [0.29, 0.717) is 17.5 Å². The lowest BCUT2D eigenvalue weighted by Crippen LogP contribution is -2.14. The first-order valence-corrected chi connectivity index (χ1v) is 10.6. The van der Waals surface area contributed by atoms with Crippen LogP contribution in [0.25, 0.3) is 10.9 Å². The summed E-state index contributed by atoms with van der Waals surface area (Å²) >= 11 is 0. The van der Waals surface area contributed by atoms with Crippen LogP contribution in [0.5, 0.6) is 28.7 Å². The molecule has 1 amide bonds. The second-order valence-electron chi connectivity index (χ2n) is 7.39. The number of fused-ring (bicyclic) bond motifs is 1. The number of aromatic nitrogens is 2. The van der Waals surface area contributed by atoms with Crippen LogP contribution in [-0.4, -0.2) is 48.4 Å². The molecule has 0 aliphatic heterocycles. The first-order chi connectivity index (χ1) is 17.4. The minimum atomic E-state index is -1.06. The molecule has 0 saturated heterocycles. The third-order valence-electron chi connectivity index (χ3n) is 5.04. The molecule has 2 heterocycles. The van der Waals surface area contributed by atoms with Crippen molar-refractivity contribution in [3.05, 3.63) is 72.2 Å². The van der Waals surface area contributed by atoms with Gasteiger partial charge in [0.05, 0.1) is 24.8 Å². The smallest absolute Gasteiger partial charge is 0.261 e. The van der Waals surface area contributed by atoms with Gasteiger partial charge >= 0.3 is 0 Å².